The number of ether oxygens (including phenoxy) is 2. The molecule has 0 fully saturated rings. The zero-order valence-corrected chi connectivity index (χ0v) is 33.4. The molecule has 0 aromatic heterocycles. The maximum Gasteiger partial charge on any atom is 0.306 e. The highest BCUT2D eigenvalue weighted by molar-refractivity contribution is 5.70. The van der Waals surface area contributed by atoms with E-state index in [-0.39, 0.29) is 25.2 Å². The predicted molar refractivity (Wildman–Crippen MR) is 215 cm³/mol. The van der Waals surface area contributed by atoms with Gasteiger partial charge in [0, 0.05) is 12.8 Å². The van der Waals surface area contributed by atoms with Crippen LogP contribution in [-0.4, -0.2) is 36.4 Å². The summed E-state index contributed by atoms with van der Waals surface area (Å²) < 4.78 is 10.6. The summed E-state index contributed by atoms with van der Waals surface area (Å²) in [6.45, 7) is 4.10. The lowest BCUT2D eigenvalue weighted by Crippen LogP contribution is -2.28. The van der Waals surface area contributed by atoms with E-state index in [2.05, 4.69) is 38.2 Å². The van der Waals surface area contributed by atoms with Crippen molar-refractivity contribution in [3.8, 4) is 0 Å². The van der Waals surface area contributed by atoms with Crippen LogP contribution in [0, 0.1) is 0 Å². The van der Waals surface area contributed by atoms with Crippen LogP contribution >= 0.6 is 0 Å². The lowest BCUT2D eigenvalue weighted by atomic mass is 10.0. The molecular formula is C45H84O5. The van der Waals surface area contributed by atoms with Crippen molar-refractivity contribution in [2.24, 2.45) is 0 Å². The summed E-state index contributed by atoms with van der Waals surface area (Å²) in [6.07, 6.45) is 49.8. The highest BCUT2D eigenvalue weighted by Gasteiger charge is 2.16. The molecule has 5 nitrogen and oxygen atoms in total. The quantitative estimate of drug-likeness (QED) is 0.0390. The first-order chi connectivity index (χ1) is 24.6. The van der Waals surface area contributed by atoms with Crippen molar-refractivity contribution >= 4 is 11.9 Å². The van der Waals surface area contributed by atoms with E-state index in [0.717, 1.165) is 44.9 Å². The topological polar surface area (TPSA) is 72.8 Å². The molecule has 0 amide bonds. The third kappa shape index (κ3) is 39.2. The summed E-state index contributed by atoms with van der Waals surface area (Å²) in [4.78, 5) is 24.2. The number of allylic oxidation sites excluding steroid dienone is 4. The van der Waals surface area contributed by atoms with Gasteiger partial charge >= 0.3 is 11.9 Å². The average Bonchev–Trinajstić information content (AvgIpc) is 3.12. The van der Waals surface area contributed by atoms with Crippen LogP contribution in [0.2, 0.25) is 0 Å². The molecule has 0 aliphatic heterocycles. The standard InChI is InChI=1S/C45H84O5/c1-3-5-7-9-11-13-15-16-17-18-19-20-21-22-23-24-25-26-27-28-30-32-34-36-38-40-45(48)50-43(41-46)42-49-44(47)39-37-35-33-31-29-14-12-10-8-6-4-2/h10,12,18-19,43,46H,3-9,11,13-17,20-42H2,1-2H3/b12-10-,19-18-. The fraction of sp³-hybridized carbons (Fsp3) is 0.867. The van der Waals surface area contributed by atoms with Crippen molar-refractivity contribution in [3.05, 3.63) is 24.3 Å². The first kappa shape index (κ1) is 48.4. The van der Waals surface area contributed by atoms with E-state index in [1.165, 1.54) is 161 Å². The molecular weight excluding hydrogens is 620 g/mol. The number of carbonyl (C=O) groups is 2. The largest absolute Gasteiger partial charge is 0.462 e. The summed E-state index contributed by atoms with van der Waals surface area (Å²) in [6, 6.07) is 0. The molecule has 0 spiro atoms. The molecule has 0 rings (SSSR count). The van der Waals surface area contributed by atoms with E-state index in [4.69, 9.17) is 9.47 Å². The first-order valence-corrected chi connectivity index (χ1v) is 21.9. The molecule has 0 aliphatic carbocycles. The molecule has 0 radical (unpaired) electrons. The van der Waals surface area contributed by atoms with Crippen molar-refractivity contribution in [1.29, 1.82) is 0 Å². The summed E-state index contributed by atoms with van der Waals surface area (Å²) in [5.41, 5.74) is 0. The molecule has 0 saturated heterocycles. The maximum absolute atomic E-state index is 12.2. The second-order valence-corrected chi connectivity index (χ2v) is 14.8. The Morgan fingerprint density at radius 1 is 0.440 bits per heavy atom. The number of rotatable bonds is 40. The average molecular weight is 705 g/mol. The molecule has 5 heteroatoms. The zero-order valence-electron chi connectivity index (χ0n) is 33.4. The predicted octanol–water partition coefficient (Wildman–Crippen LogP) is 13.8. The number of hydrogen-bond acceptors (Lipinski definition) is 5. The fourth-order valence-electron chi connectivity index (χ4n) is 6.35. The second kappa shape index (κ2) is 41.8. The minimum Gasteiger partial charge on any atom is -0.462 e. The number of esters is 2. The Hall–Kier alpha value is -1.62. The van der Waals surface area contributed by atoms with Crippen molar-refractivity contribution in [1.82, 2.24) is 0 Å². The third-order valence-electron chi connectivity index (χ3n) is 9.72. The van der Waals surface area contributed by atoms with E-state index >= 15 is 0 Å². The van der Waals surface area contributed by atoms with Gasteiger partial charge in [-0.15, -0.1) is 0 Å². The van der Waals surface area contributed by atoms with Gasteiger partial charge in [-0.1, -0.05) is 186 Å². The molecule has 0 bridgehead atoms. The van der Waals surface area contributed by atoms with Gasteiger partial charge in [0.05, 0.1) is 6.61 Å². The van der Waals surface area contributed by atoms with E-state index in [1.54, 1.807) is 0 Å². The molecule has 0 heterocycles. The highest BCUT2D eigenvalue weighted by Crippen LogP contribution is 2.15. The zero-order chi connectivity index (χ0) is 36.4. The second-order valence-electron chi connectivity index (χ2n) is 14.8. The molecule has 0 saturated carbocycles. The van der Waals surface area contributed by atoms with Crippen molar-refractivity contribution in [3.63, 3.8) is 0 Å². The van der Waals surface area contributed by atoms with Gasteiger partial charge in [0.25, 0.3) is 0 Å². The SMILES string of the molecule is CCCC/C=C\CCCCCCCC(=O)OCC(CO)OC(=O)CCCCCCCCCCCCCCC/C=C\CCCCCCCCCC. The van der Waals surface area contributed by atoms with E-state index in [1.807, 2.05) is 0 Å². The Morgan fingerprint density at radius 2 is 0.760 bits per heavy atom. The summed E-state index contributed by atoms with van der Waals surface area (Å²) in [7, 11) is 0. The van der Waals surface area contributed by atoms with Gasteiger partial charge in [0.1, 0.15) is 6.61 Å². The van der Waals surface area contributed by atoms with Crippen LogP contribution in [-0.2, 0) is 19.1 Å². The van der Waals surface area contributed by atoms with Gasteiger partial charge < -0.3 is 14.6 Å². The molecule has 50 heavy (non-hydrogen) atoms. The van der Waals surface area contributed by atoms with Gasteiger partial charge in [-0.05, 0) is 57.8 Å². The first-order valence-electron chi connectivity index (χ1n) is 21.9. The number of hydrogen-bond donors (Lipinski definition) is 1. The monoisotopic (exact) mass is 705 g/mol. The maximum atomic E-state index is 12.2. The van der Waals surface area contributed by atoms with E-state index in [9.17, 15) is 14.7 Å². The molecule has 0 aromatic rings. The van der Waals surface area contributed by atoms with Crippen molar-refractivity contribution in [2.75, 3.05) is 13.2 Å². The Labute approximate surface area is 311 Å². The van der Waals surface area contributed by atoms with Gasteiger partial charge in [-0.3, -0.25) is 9.59 Å². The van der Waals surface area contributed by atoms with Crippen LogP contribution in [0.25, 0.3) is 0 Å². The van der Waals surface area contributed by atoms with Crippen LogP contribution in [0.4, 0.5) is 0 Å². The van der Waals surface area contributed by atoms with Gasteiger partial charge in [-0.25, -0.2) is 0 Å². The van der Waals surface area contributed by atoms with Gasteiger partial charge in [-0.2, -0.15) is 0 Å². The normalized spacial score (nSPS) is 12.3. The van der Waals surface area contributed by atoms with Crippen LogP contribution in [0.15, 0.2) is 24.3 Å². The van der Waals surface area contributed by atoms with Crippen LogP contribution in [0.3, 0.4) is 0 Å². The highest BCUT2D eigenvalue weighted by atomic mass is 16.6. The molecule has 0 aromatic carbocycles. The fourth-order valence-corrected chi connectivity index (χ4v) is 6.35. The number of unbranched alkanes of at least 4 members (excludes halogenated alkanes) is 28. The molecule has 0 aliphatic rings. The molecule has 294 valence electrons. The minimum atomic E-state index is -0.770. The lowest BCUT2D eigenvalue weighted by molar-refractivity contribution is -0.161. The number of aliphatic hydroxyl groups excluding tert-OH is 1. The Balaban J connectivity index is 3.46. The van der Waals surface area contributed by atoms with Crippen LogP contribution in [0.5, 0.6) is 0 Å². The Morgan fingerprint density at radius 3 is 1.14 bits per heavy atom. The number of aliphatic hydroxyl groups is 1. The summed E-state index contributed by atoms with van der Waals surface area (Å²) in [5, 5.41) is 9.56. The Bertz CT molecular complexity index is 761. The van der Waals surface area contributed by atoms with Crippen molar-refractivity contribution < 1.29 is 24.2 Å². The summed E-state index contributed by atoms with van der Waals surface area (Å²) in [5.74, 6) is -0.595. The van der Waals surface area contributed by atoms with E-state index in [0.29, 0.717) is 12.8 Å². The van der Waals surface area contributed by atoms with Gasteiger partial charge in [0.2, 0.25) is 0 Å². The molecule has 1 N–H and O–H groups in total. The van der Waals surface area contributed by atoms with E-state index < -0.39 is 6.10 Å². The Kier molecular flexibility index (Phi) is 40.4. The third-order valence-corrected chi connectivity index (χ3v) is 9.72. The number of carbonyl (C=O) groups excluding carboxylic acids is 2. The minimum absolute atomic E-state index is 0.0670. The molecule has 1 unspecified atom stereocenters. The van der Waals surface area contributed by atoms with Gasteiger partial charge in [0.15, 0.2) is 6.10 Å². The lowest BCUT2D eigenvalue weighted by Gasteiger charge is -2.15. The van der Waals surface area contributed by atoms with Crippen LogP contribution < -0.4 is 0 Å². The molecule has 1 atom stereocenters. The summed E-state index contributed by atoms with van der Waals surface area (Å²) >= 11 is 0. The smallest absolute Gasteiger partial charge is 0.306 e. The van der Waals surface area contributed by atoms with Crippen LogP contribution in [0.1, 0.15) is 232 Å². The van der Waals surface area contributed by atoms with Crippen molar-refractivity contribution in [2.45, 2.75) is 238 Å².